The zero-order valence-corrected chi connectivity index (χ0v) is 18.6. The number of benzene rings is 4. The molecule has 0 saturated carbocycles. The zero-order valence-electron chi connectivity index (χ0n) is 18.6. The number of esters is 1. The Labute approximate surface area is 200 Å². The minimum absolute atomic E-state index is 0.0632. The van der Waals surface area contributed by atoms with Gasteiger partial charge in [0.25, 0.3) is 0 Å². The number of hydrogen-bond acceptors (Lipinski definition) is 5. The first-order valence-electron chi connectivity index (χ1n) is 11.2. The Bertz CT molecular complexity index is 1790. The van der Waals surface area contributed by atoms with Gasteiger partial charge in [-0.2, -0.15) is 0 Å². The highest BCUT2D eigenvalue weighted by Crippen LogP contribution is 2.29. The Morgan fingerprint density at radius 1 is 0.800 bits per heavy atom. The second-order valence-electron chi connectivity index (χ2n) is 8.26. The van der Waals surface area contributed by atoms with E-state index in [0.29, 0.717) is 33.3 Å². The van der Waals surface area contributed by atoms with Gasteiger partial charge in [0.15, 0.2) is 0 Å². The standard InChI is InChI=1S/C30H19NO4/c32-28-16-21(29-22-11-5-4-8-19(22)14-15-27(29)35-28)18-34-30(33)24-17-26(20-9-2-1-3-10-20)31-25-13-7-6-12-23(24)25/h1-17H,18H2. The number of hydrogen-bond donors (Lipinski definition) is 0. The highest BCUT2D eigenvalue weighted by Gasteiger charge is 2.17. The fourth-order valence-electron chi connectivity index (χ4n) is 4.46. The first-order valence-corrected chi connectivity index (χ1v) is 11.2. The molecule has 0 atom stereocenters. The molecule has 0 fully saturated rings. The van der Waals surface area contributed by atoms with Crippen LogP contribution in [0.2, 0.25) is 0 Å². The SMILES string of the molecule is O=C(OCc1cc(=O)oc2ccc3ccccc3c12)c1cc(-c2ccccc2)nc2ccccc12. The van der Waals surface area contributed by atoms with E-state index in [2.05, 4.69) is 0 Å². The molecule has 0 saturated heterocycles. The molecule has 0 amide bonds. The highest BCUT2D eigenvalue weighted by molar-refractivity contribution is 6.07. The minimum Gasteiger partial charge on any atom is -0.457 e. The van der Waals surface area contributed by atoms with Crippen molar-refractivity contribution in [2.24, 2.45) is 0 Å². The summed E-state index contributed by atoms with van der Waals surface area (Å²) in [7, 11) is 0. The maximum absolute atomic E-state index is 13.3. The Morgan fingerprint density at radius 2 is 1.54 bits per heavy atom. The maximum atomic E-state index is 13.3. The summed E-state index contributed by atoms with van der Waals surface area (Å²) in [6, 6.07) is 31.8. The van der Waals surface area contributed by atoms with E-state index in [-0.39, 0.29) is 6.61 Å². The predicted octanol–water partition coefficient (Wildman–Crippen LogP) is 6.52. The first-order chi connectivity index (χ1) is 17.2. The summed E-state index contributed by atoms with van der Waals surface area (Å²) in [5, 5.41) is 3.41. The van der Waals surface area contributed by atoms with Gasteiger partial charge in [0.1, 0.15) is 12.2 Å². The molecule has 0 aliphatic carbocycles. The van der Waals surface area contributed by atoms with E-state index in [9.17, 15) is 9.59 Å². The van der Waals surface area contributed by atoms with Gasteiger partial charge >= 0.3 is 11.6 Å². The third-order valence-corrected chi connectivity index (χ3v) is 6.08. The summed E-state index contributed by atoms with van der Waals surface area (Å²) >= 11 is 0. The van der Waals surface area contributed by atoms with Gasteiger partial charge in [0.05, 0.1) is 16.8 Å². The smallest absolute Gasteiger partial charge is 0.339 e. The quantitative estimate of drug-likeness (QED) is 0.171. The molecular weight excluding hydrogens is 438 g/mol. The summed E-state index contributed by atoms with van der Waals surface area (Å²) < 4.78 is 11.2. The molecule has 6 rings (SSSR count). The molecule has 5 heteroatoms. The fraction of sp³-hybridized carbons (Fsp3) is 0.0333. The Balaban J connectivity index is 1.42. The lowest BCUT2D eigenvalue weighted by atomic mass is 10.0. The predicted molar refractivity (Wildman–Crippen MR) is 136 cm³/mol. The molecule has 6 aromatic rings. The van der Waals surface area contributed by atoms with Crippen molar-refractivity contribution in [2.45, 2.75) is 6.61 Å². The lowest BCUT2D eigenvalue weighted by Crippen LogP contribution is -2.09. The molecule has 168 valence electrons. The van der Waals surface area contributed by atoms with E-state index in [1.54, 1.807) is 12.1 Å². The monoisotopic (exact) mass is 457 g/mol. The number of carbonyl (C=O) groups excluding carboxylic acids is 1. The van der Waals surface area contributed by atoms with Gasteiger partial charge in [-0.15, -0.1) is 0 Å². The molecule has 0 spiro atoms. The molecule has 0 aliphatic rings. The number of aromatic nitrogens is 1. The van der Waals surface area contributed by atoms with Gasteiger partial charge in [-0.3, -0.25) is 0 Å². The van der Waals surface area contributed by atoms with Gasteiger partial charge in [0.2, 0.25) is 0 Å². The maximum Gasteiger partial charge on any atom is 0.339 e. The average molecular weight is 457 g/mol. The summed E-state index contributed by atoms with van der Waals surface area (Å²) in [6.45, 7) is -0.0632. The first kappa shape index (κ1) is 20.8. The van der Waals surface area contributed by atoms with Gasteiger partial charge in [-0.05, 0) is 29.0 Å². The van der Waals surface area contributed by atoms with E-state index in [0.717, 1.165) is 21.7 Å². The van der Waals surface area contributed by atoms with Crippen LogP contribution in [0, 0.1) is 0 Å². The van der Waals surface area contributed by atoms with Crippen LogP contribution in [0.1, 0.15) is 15.9 Å². The second kappa shape index (κ2) is 8.54. The van der Waals surface area contributed by atoms with E-state index in [1.165, 1.54) is 6.07 Å². The Kier molecular flexibility index (Phi) is 5.08. The lowest BCUT2D eigenvalue weighted by Gasteiger charge is -2.12. The van der Waals surface area contributed by atoms with E-state index < -0.39 is 11.6 Å². The molecule has 35 heavy (non-hydrogen) atoms. The number of nitrogens with zero attached hydrogens (tertiary/aromatic N) is 1. The number of carbonyl (C=O) groups is 1. The fourth-order valence-corrected chi connectivity index (χ4v) is 4.46. The van der Waals surface area contributed by atoms with Gasteiger partial charge in [-0.1, -0.05) is 78.9 Å². The van der Waals surface area contributed by atoms with E-state index >= 15 is 0 Å². The molecular formula is C30H19NO4. The van der Waals surface area contributed by atoms with Crippen molar-refractivity contribution in [2.75, 3.05) is 0 Å². The van der Waals surface area contributed by atoms with Crippen LogP contribution >= 0.6 is 0 Å². The molecule has 2 aromatic heterocycles. The summed E-state index contributed by atoms with van der Waals surface area (Å²) in [5.41, 5.74) is 3.30. The lowest BCUT2D eigenvalue weighted by molar-refractivity contribution is 0.0476. The van der Waals surface area contributed by atoms with Gasteiger partial charge in [-0.25, -0.2) is 14.6 Å². The summed E-state index contributed by atoms with van der Waals surface area (Å²) in [5.74, 6) is -0.484. The van der Waals surface area contributed by atoms with E-state index in [4.69, 9.17) is 14.1 Å². The van der Waals surface area contributed by atoms with Crippen molar-refractivity contribution in [3.63, 3.8) is 0 Å². The summed E-state index contributed by atoms with van der Waals surface area (Å²) in [6.07, 6.45) is 0. The third-order valence-electron chi connectivity index (χ3n) is 6.08. The van der Waals surface area contributed by atoms with Crippen molar-refractivity contribution in [1.29, 1.82) is 0 Å². The Morgan fingerprint density at radius 3 is 2.40 bits per heavy atom. The molecule has 0 bridgehead atoms. The largest absolute Gasteiger partial charge is 0.457 e. The zero-order chi connectivity index (χ0) is 23.8. The van der Waals surface area contributed by atoms with Gasteiger partial charge in [0, 0.05) is 28.0 Å². The van der Waals surface area contributed by atoms with Crippen LogP contribution in [-0.4, -0.2) is 11.0 Å². The van der Waals surface area contributed by atoms with E-state index in [1.807, 2.05) is 84.9 Å². The van der Waals surface area contributed by atoms with Crippen molar-refractivity contribution in [1.82, 2.24) is 4.98 Å². The number of ether oxygens (including phenoxy) is 1. The van der Waals surface area contributed by atoms with Crippen LogP contribution in [0.4, 0.5) is 0 Å². The normalized spacial score (nSPS) is 11.2. The van der Waals surface area contributed by atoms with Crippen molar-refractivity contribution in [3.8, 4) is 11.3 Å². The molecule has 0 aliphatic heterocycles. The molecule has 2 heterocycles. The summed E-state index contributed by atoms with van der Waals surface area (Å²) in [4.78, 5) is 30.3. The topological polar surface area (TPSA) is 69.4 Å². The van der Waals surface area contributed by atoms with Crippen LogP contribution in [0.25, 0.3) is 43.9 Å². The van der Waals surface area contributed by atoms with Crippen LogP contribution in [0.3, 0.4) is 0 Å². The molecule has 0 N–H and O–H groups in total. The number of fused-ring (bicyclic) bond motifs is 4. The Hall–Kier alpha value is -4.77. The van der Waals surface area contributed by atoms with Crippen LogP contribution < -0.4 is 5.63 Å². The molecule has 0 radical (unpaired) electrons. The van der Waals surface area contributed by atoms with Crippen molar-refractivity contribution >= 4 is 38.6 Å². The van der Waals surface area contributed by atoms with Crippen LogP contribution in [0.5, 0.6) is 0 Å². The number of para-hydroxylation sites is 1. The molecule has 4 aromatic carbocycles. The number of pyridine rings is 1. The highest BCUT2D eigenvalue weighted by atomic mass is 16.5. The number of rotatable bonds is 4. The van der Waals surface area contributed by atoms with Crippen molar-refractivity contribution in [3.05, 3.63) is 125 Å². The average Bonchev–Trinajstić information content (AvgIpc) is 2.91. The molecule has 0 unspecified atom stereocenters. The minimum atomic E-state index is -0.487. The van der Waals surface area contributed by atoms with Crippen LogP contribution in [-0.2, 0) is 11.3 Å². The third kappa shape index (κ3) is 3.83. The second-order valence-corrected chi connectivity index (χ2v) is 8.26. The van der Waals surface area contributed by atoms with Crippen LogP contribution in [0.15, 0.2) is 112 Å². The van der Waals surface area contributed by atoms with Crippen molar-refractivity contribution < 1.29 is 13.9 Å². The van der Waals surface area contributed by atoms with Gasteiger partial charge < -0.3 is 9.15 Å². The molecule has 5 nitrogen and oxygen atoms in total.